The predicted octanol–water partition coefficient (Wildman–Crippen LogP) is 6.88. The van der Waals surface area contributed by atoms with Gasteiger partial charge in [0.2, 0.25) is 6.79 Å². The molecule has 1 N–H and O–H groups in total. The summed E-state index contributed by atoms with van der Waals surface area (Å²) in [7, 11) is 0. The van der Waals surface area contributed by atoms with E-state index >= 15 is 0 Å². The van der Waals surface area contributed by atoms with Crippen LogP contribution in [0.15, 0.2) is 60.7 Å². The molecule has 2 unspecified atom stereocenters. The summed E-state index contributed by atoms with van der Waals surface area (Å²) in [6, 6.07) is 18.6. The maximum absolute atomic E-state index is 10.1. The molecule has 3 aromatic carbocycles. The summed E-state index contributed by atoms with van der Waals surface area (Å²) < 4.78 is 17.3. The van der Waals surface area contributed by atoms with Crippen molar-refractivity contribution in [3.8, 4) is 17.2 Å². The molecule has 34 heavy (non-hydrogen) atoms. The van der Waals surface area contributed by atoms with Crippen LogP contribution in [-0.2, 0) is 13.2 Å². The van der Waals surface area contributed by atoms with E-state index in [0.717, 1.165) is 53.2 Å². The van der Waals surface area contributed by atoms with Crippen LogP contribution in [0.2, 0.25) is 0 Å². The number of allylic oxidation sites excluding steroid dienone is 1. The van der Waals surface area contributed by atoms with Crippen LogP contribution >= 0.6 is 0 Å². The fourth-order valence-electron chi connectivity index (χ4n) is 5.10. The number of fused-ring (bicyclic) bond motifs is 2. The molecule has 0 saturated heterocycles. The van der Waals surface area contributed by atoms with Gasteiger partial charge in [-0.15, -0.1) is 0 Å². The summed E-state index contributed by atoms with van der Waals surface area (Å²) >= 11 is 0. The fraction of sp³-hybridized carbons (Fsp3) is 0.333. The highest BCUT2D eigenvalue weighted by Gasteiger charge is 2.27. The first-order valence-corrected chi connectivity index (χ1v) is 12.2. The van der Waals surface area contributed by atoms with Gasteiger partial charge in [-0.2, -0.15) is 0 Å². The molecule has 0 saturated carbocycles. The minimum atomic E-state index is -0.0358. The maximum atomic E-state index is 10.1. The first kappa shape index (κ1) is 22.5. The summed E-state index contributed by atoms with van der Waals surface area (Å²) in [5.41, 5.74) is 6.95. The Kier molecular flexibility index (Phi) is 6.59. The molecule has 1 aliphatic heterocycles. The van der Waals surface area contributed by atoms with Gasteiger partial charge in [0.15, 0.2) is 11.5 Å². The number of hydrogen-bond donors (Lipinski definition) is 1. The van der Waals surface area contributed by atoms with Crippen molar-refractivity contribution in [3.63, 3.8) is 0 Å². The SMILES string of the molecule is CCC1CCC(/C=C/c2cc3c(cc2C)OCO3)c2cc(CO)c(OCc3ccccc3)cc21. The number of ether oxygens (including phenoxy) is 3. The van der Waals surface area contributed by atoms with Crippen LogP contribution in [-0.4, -0.2) is 11.9 Å². The molecule has 3 aromatic rings. The highest BCUT2D eigenvalue weighted by Crippen LogP contribution is 2.44. The van der Waals surface area contributed by atoms with Crippen molar-refractivity contribution in [1.29, 1.82) is 0 Å². The standard InChI is InChI=1S/C30H32O4/c1-3-22-9-10-23(11-12-24-15-30-29(13-20(24)2)33-19-34-30)26-14-25(17-31)28(16-27(22)26)32-18-21-7-5-4-6-8-21/h4-8,11-16,22-23,31H,3,9-10,17-19H2,1-2H3/b12-11+. The smallest absolute Gasteiger partial charge is 0.231 e. The molecule has 176 valence electrons. The molecule has 0 radical (unpaired) electrons. The molecular formula is C30H32O4. The zero-order valence-corrected chi connectivity index (χ0v) is 19.9. The molecule has 1 aliphatic carbocycles. The highest BCUT2D eigenvalue weighted by molar-refractivity contribution is 5.62. The Balaban J connectivity index is 1.44. The third kappa shape index (κ3) is 4.55. The van der Waals surface area contributed by atoms with Crippen molar-refractivity contribution in [3.05, 3.63) is 94.1 Å². The van der Waals surface area contributed by atoms with Crippen molar-refractivity contribution in [2.45, 2.75) is 58.2 Å². The van der Waals surface area contributed by atoms with Crippen molar-refractivity contribution in [1.82, 2.24) is 0 Å². The first-order valence-electron chi connectivity index (χ1n) is 12.2. The van der Waals surface area contributed by atoms with Crippen molar-refractivity contribution in [2.24, 2.45) is 0 Å². The molecule has 0 amide bonds. The van der Waals surface area contributed by atoms with Gasteiger partial charge in [0.25, 0.3) is 0 Å². The number of aliphatic hydroxyl groups is 1. The van der Waals surface area contributed by atoms with Gasteiger partial charge in [-0.05, 0) is 84.2 Å². The summed E-state index contributed by atoms with van der Waals surface area (Å²) in [4.78, 5) is 0. The van der Waals surface area contributed by atoms with Crippen molar-refractivity contribution < 1.29 is 19.3 Å². The Bertz CT molecular complexity index is 1180. The Morgan fingerprint density at radius 3 is 2.56 bits per heavy atom. The second-order valence-electron chi connectivity index (χ2n) is 9.23. The molecule has 0 spiro atoms. The van der Waals surface area contributed by atoms with E-state index in [-0.39, 0.29) is 13.4 Å². The summed E-state index contributed by atoms with van der Waals surface area (Å²) in [5.74, 6) is 3.23. The molecule has 2 aliphatic rings. The lowest BCUT2D eigenvalue weighted by molar-refractivity contribution is 0.174. The van der Waals surface area contributed by atoms with E-state index in [0.29, 0.717) is 18.4 Å². The minimum absolute atomic E-state index is 0.0358. The lowest BCUT2D eigenvalue weighted by atomic mass is 9.74. The molecule has 5 rings (SSSR count). The van der Waals surface area contributed by atoms with Crippen LogP contribution in [0, 0.1) is 6.92 Å². The molecule has 1 heterocycles. The fourth-order valence-corrected chi connectivity index (χ4v) is 5.10. The van der Waals surface area contributed by atoms with Gasteiger partial charge >= 0.3 is 0 Å². The normalized spacial score (nSPS) is 18.8. The van der Waals surface area contributed by atoms with Gasteiger partial charge in [0.1, 0.15) is 12.4 Å². The van der Waals surface area contributed by atoms with Gasteiger partial charge in [0, 0.05) is 11.5 Å². The quantitative estimate of drug-likeness (QED) is 0.421. The minimum Gasteiger partial charge on any atom is -0.489 e. The monoisotopic (exact) mass is 456 g/mol. The summed E-state index contributed by atoms with van der Waals surface area (Å²) in [6.07, 6.45) is 7.86. The number of benzene rings is 3. The van der Waals surface area contributed by atoms with E-state index in [9.17, 15) is 5.11 Å². The molecular weight excluding hydrogens is 424 g/mol. The van der Waals surface area contributed by atoms with Crippen LogP contribution in [0.5, 0.6) is 17.2 Å². The predicted molar refractivity (Wildman–Crippen MR) is 134 cm³/mol. The Morgan fingerprint density at radius 1 is 1.00 bits per heavy atom. The number of hydrogen-bond acceptors (Lipinski definition) is 4. The average molecular weight is 457 g/mol. The lowest BCUT2D eigenvalue weighted by Crippen LogP contribution is -2.14. The van der Waals surface area contributed by atoms with Crippen LogP contribution in [0.4, 0.5) is 0 Å². The second-order valence-corrected chi connectivity index (χ2v) is 9.23. The third-order valence-corrected chi connectivity index (χ3v) is 7.10. The Labute approximate surface area is 201 Å². The number of rotatable bonds is 7. The van der Waals surface area contributed by atoms with E-state index in [2.05, 4.69) is 56.3 Å². The number of aliphatic hydroxyl groups excluding tert-OH is 1. The third-order valence-electron chi connectivity index (χ3n) is 7.10. The molecule has 4 heteroatoms. The topological polar surface area (TPSA) is 47.9 Å². The van der Waals surface area contributed by atoms with Crippen LogP contribution in [0.25, 0.3) is 6.08 Å². The van der Waals surface area contributed by atoms with Gasteiger partial charge in [-0.1, -0.05) is 49.4 Å². The van der Waals surface area contributed by atoms with E-state index in [1.54, 1.807) is 0 Å². The average Bonchev–Trinajstić information content (AvgIpc) is 3.33. The van der Waals surface area contributed by atoms with E-state index < -0.39 is 0 Å². The Hall–Kier alpha value is -3.24. The van der Waals surface area contributed by atoms with Crippen molar-refractivity contribution in [2.75, 3.05) is 6.79 Å². The molecule has 0 fully saturated rings. The molecule has 4 nitrogen and oxygen atoms in total. The van der Waals surface area contributed by atoms with Gasteiger partial charge in [0.05, 0.1) is 6.61 Å². The van der Waals surface area contributed by atoms with Crippen LogP contribution in [0.1, 0.15) is 71.4 Å². The molecule has 0 bridgehead atoms. The van der Waals surface area contributed by atoms with E-state index in [4.69, 9.17) is 14.2 Å². The zero-order chi connectivity index (χ0) is 23.5. The second kappa shape index (κ2) is 9.94. The van der Waals surface area contributed by atoms with Gasteiger partial charge < -0.3 is 19.3 Å². The summed E-state index contributed by atoms with van der Waals surface area (Å²) in [6.45, 7) is 5.10. The number of aryl methyl sites for hydroxylation is 1. The molecule has 2 atom stereocenters. The largest absolute Gasteiger partial charge is 0.489 e. The Morgan fingerprint density at radius 2 is 1.79 bits per heavy atom. The zero-order valence-electron chi connectivity index (χ0n) is 19.9. The lowest BCUT2D eigenvalue weighted by Gasteiger charge is -2.31. The van der Waals surface area contributed by atoms with Gasteiger partial charge in [-0.3, -0.25) is 0 Å². The van der Waals surface area contributed by atoms with Crippen molar-refractivity contribution >= 4 is 6.08 Å². The highest BCUT2D eigenvalue weighted by atomic mass is 16.7. The van der Waals surface area contributed by atoms with Crippen LogP contribution in [0.3, 0.4) is 0 Å². The van der Waals surface area contributed by atoms with Gasteiger partial charge in [-0.25, -0.2) is 0 Å². The van der Waals surface area contributed by atoms with Crippen LogP contribution < -0.4 is 14.2 Å². The maximum Gasteiger partial charge on any atom is 0.231 e. The van der Waals surface area contributed by atoms with E-state index in [1.165, 1.54) is 16.7 Å². The molecule has 0 aromatic heterocycles. The van der Waals surface area contributed by atoms with E-state index in [1.807, 2.05) is 24.3 Å². The summed E-state index contributed by atoms with van der Waals surface area (Å²) in [5, 5.41) is 10.1. The first-order chi connectivity index (χ1) is 16.7.